The lowest BCUT2D eigenvalue weighted by atomic mass is 9.86. The van der Waals surface area contributed by atoms with Gasteiger partial charge in [0.05, 0.1) is 33.4 Å². The fourth-order valence-electron chi connectivity index (χ4n) is 6.97. The summed E-state index contributed by atoms with van der Waals surface area (Å²) in [5, 5.41) is 18.2. The van der Waals surface area contributed by atoms with Crippen LogP contribution in [0.25, 0.3) is 22.0 Å². The fourth-order valence-corrected chi connectivity index (χ4v) is 7.70. The van der Waals surface area contributed by atoms with Crippen LogP contribution in [0.4, 0.5) is 40.9 Å². The number of hydrogen-bond donors (Lipinski definition) is 2. The van der Waals surface area contributed by atoms with Gasteiger partial charge >= 0.3 is 0 Å². The van der Waals surface area contributed by atoms with Crippen LogP contribution in [0.1, 0.15) is 79.4 Å². The van der Waals surface area contributed by atoms with Gasteiger partial charge < -0.3 is 5.11 Å². The maximum atomic E-state index is 15.2. The molecule has 0 fully saturated rings. The van der Waals surface area contributed by atoms with E-state index in [0.29, 0.717) is 11.6 Å². The van der Waals surface area contributed by atoms with Crippen molar-refractivity contribution in [3.63, 3.8) is 0 Å². The lowest BCUT2D eigenvalue weighted by Gasteiger charge is -2.29. The van der Waals surface area contributed by atoms with Gasteiger partial charge in [-0.25, -0.2) is 39.7 Å². The largest absolute Gasteiger partial charge is 0.378 e. The van der Waals surface area contributed by atoms with Gasteiger partial charge in [0.15, 0.2) is 11.6 Å². The average molecular weight is 857 g/mol. The number of sulfonamides is 1. The number of nitrogens with zero attached hydrogens (tertiary/aromatic N) is 5. The van der Waals surface area contributed by atoms with Crippen LogP contribution in [0.15, 0.2) is 42.5 Å². The molecular formula is C38H33ClF8N6O4S. The standard InChI is InChI=1S/C38H33ClF8N6O4S/c1-36(2,55)10-9-23-5-6-25(26-7-8-27(39)28-32(26)52(3)50-35(28)51-58(4,56)57)30(48-23)20(13-19-14-21(40)17-22(41)15-19)16-24(54)18-53-33-29(31(49-53)34(42)43)37(44,45)11-12-38(33,46)47/h5-8,14-15,17,20,34,55H,11-13,16,18H2,1-4H3,(H,50,51)/t20-/m1/s1. The van der Waals surface area contributed by atoms with Crippen molar-refractivity contribution < 1.29 is 53.4 Å². The molecule has 3 heterocycles. The molecular weight excluding hydrogens is 824 g/mol. The first-order valence-electron chi connectivity index (χ1n) is 17.4. The predicted molar refractivity (Wildman–Crippen MR) is 197 cm³/mol. The lowest BCUT2D eigenvalue weighted by molar-refractivity contribution is -0.121. The summed E-state index contributed by atoms with van der Waals surface area (Å²) in [4.78, 5) is 18.7. The molecule has 1 atom stereocenters. The first kappa shape index (κ1) is 42.5. The van der Waals surface area contributed by atoms with Gasteiger partial charge in [-0.3, -0.25) is 18.9 Å². The Balaban J connectivity index is 1.55. The molecule has 20 heteroatoms. The van der Waals surface area contributed by atoms with Gasteiger partial charge in [-0.2, -0.15) is 19.0 Å². The number of carbonyl (C=O) groups excluding carboxylic acids is 1. The molecule has 3 aromatic heterocycles. The number of nitrogens with one attached hydrogen (secondary N) is 1. The number of aliphatic hydroxyl groups is 1. The summed E-state index contributed by atoms with van der Waals surface area (Å²) in [5.74, 6) is -7.14. The second-order valence-corrected chi connectivity index (χ2v) is 16.7. The van der Waals surface area contributed by atoms with Crippen molar-refractivity contribution in [1.29, 1.82) is 0 Å². The molecule has 0 saturated heterocycles. The Kier molecular flexibility index (Phi) is 11.2. The summed E-state index contributed by atoms with van der Waals surface area (Å²) in [7, 11) is -2.38. The summed E-state index contributed by atoms with van der Waals surface area (Å²) in [6.45, 7) is 1.63. The Morgan fingerprint density at radius 2 is 1.64 bits per heavy atom. The molecule has 58 heavy (non-hydrogen) atoms. The summed E-state index contributed by atoms with van der Waals surface area (Å²) in [5.41, 5.74) is -5.44. The molecule has 5 aromatic rings. The smallest absolute Gasteiger partial charge is 0.290 e. The molecule has 0 amide bonds. The van der Waals surface area contributed by atoms with Gasteiger partial charge in [-0.1, -0.05) is 23.6 Å². The highest BCUT2D eigenvalue weighted by Crippen LogP contribution is 2.52. The SMILES string of the molecule is Cn1nc(NS(C)(=O)=O)c2c(Cl)ccc(-c3ccc(C#CC(C)(C)O)nc3[C@@H](CC(=O)Cn3nc(C(F)F)c4c3C(F)(F)CCC4(F)F)Cc3cc(F)cc(F)c3)c21. The van der Waals surface area contributed by atoms with E-state index >= 15 is 8.78 Å². The minimum atomic E-state index is -4.09. The number of Topliss-reactive ketones (excluding diaryl/α,β-unsaturated/α-hetero) is 1. The minimum Gasteiger partial charge on any atom is -0.378 e. The van der Waals surface area contributed by atoms with E-state index in [2.05, 4.69) is 31.7 Å². The van der Waals surface area contributed by atoms with E-state index in [1.54, 1.807) is 0 Å². The monoisotopic (exact) mass is 856 g/mol. The van der Waals surface area contributed by atoms with E-state index in [1.807, 2.05) is 0 Å². The number of ketones is 1. The Labute approximate surface area is 331 Å². The molecule has 1 aliphatic rings. The van der Waals surface area contributed by atoms with Crippen molar-refractivity contribution in [3.05, 3.63) is 93.0 Å². The molecule has 2 N–H and O–H groups in total. The molecule has 6 rings (SSSR count). The molecule has 0 unspecified atom stereocenters. The third-order valence-electron chi connectivity index (χ3n) is 9.17. The highest BCUT2D eigenvalue weighted by atomic mass is 35.5. The van der Waals surface area contributed by atoms with Crippen LogP contribution in [-0.2, 0) is 46.7 Å². The maximum absolute atomic E-state index is 15.2. The number of aryl methyl sites for hydroxylation is 1. The van der Waals surface area contributed by atoms with E-state index in [4.69, 9.17) is 11.6 Å². The number of benzene rings is 2. The number of halogens is 9. The number of fused-ring (bicyclic) bond motifs is 2. The normalized spacial score (nSPS) is 15.6. The number of anilines is 1. The zero-order chi connectivity index (χ0) is 42.7. The van der Waals surface area contributed by atoms with E-state index in [1.165, 1.54) is 49.8 Å². The fraction of sp³-hybridized carbons (Fsp3) is 0.368. The summed E-state index contributed by atoms with van der Waals surface area (Å²) in [6.07, 6.45) is -6.68. The van der Waals surface area contributed by atoms with E-state index in [0.717, 1.165) is 18.4 Å². The van der Waals surface area contributed by atoms with Gasteiger partial charge in [0.2, 0.25) is 10.0 Å². The number of hydrogen-bond acceptors (Lipinski definition) is 7. The van der Waals surface area contributed by atoms with Gasteiger partial charge in [-0.15, -0.1) is 0 Å². The van der Waals surface area contributed by atoms with Crippen LogP contribution in [-0.4, -0.2) is 55.7 Å². The second kappa shape index (κ2) is 15.3. The molecule has 0 saturated carbocycles. The van der Waals surface area contributed by atoms with Crippen LogP contribution < -0.4 is 4.72 Å². The maximum Gasteiger partial charge on any atom is 0.290 e. The molecule has 0 bridgehead atoms. The topological polar surface area (TPSA) is 132 Å². The van der Waals surface area contributed by atoms with Crippen LogP contribution in [0.2, 0.25) is 5.02 Å². The zero-order valence-corrected chi connectivity index (χ0v) is 32.5. The molecule has 0 radical (unpaired) electrons. The molecule has 2 aromatic carbocycles. The van der Waals surface area contributed by atoms with Crippen LogP contribution in [0, 0.1) is 23.5 Å². The molecule has 1 aliphatic carbocycles. The molecule has 0 aliphatic heterocycles. The Morgan fingerprint density at radius 3 is 2.26 bits per heavy atom. The number of aromatic nitrogens is 5. The van der Waals surface area contributed by atoms with Gasteiger partial charge in [0.25, 0.3) is 18.3 Å². The second-order valence-electron chi connectivity index (χ2n) is 14.5. The lowest BCUT2D eigenvalue weighted by Crippen LogP contribution is -2.33. The van der Waals surface area contributed by atoms with Crippen molar-refractivity contribution in [2.45, 2.75) is 75.9 Å². The van der Waals surface area contributed by atoms with Crippen molar-refractivity contribution in [1.82, 2.24) is 24.5 Å². The zero-order valence-electron chi connectivity index (χ0n) is 30.9. The Morgan fingerprint density at radius 1 is 1.00 bits per heavy atom. The van der Waals surface area contributed by atoms with Crippen LogP contribution in [0.5, 0.6) is 0 Å². The number of alkyl halides is 6. The minimum absolute atomic E-state index is 0.0000781. The van der Waals surface area contributed by atoms with Crippen LogP contribution in [0.3, 0.4) is 0 Å². The molecule has 308 valence electrons. The van der Waals surface area contributed by atoms with Crippen LogP contribution >= 0.6 is 11.6 Å². The third kappa shape index (κ3) is 8.98. The number of carbonyl (C=O) groups is 1. The average Bonchev–Trinajstić information content (AvgIpc) is 3.64. The highest BCUT2D eigenvalue weighted by Gasteiger charge is 2.55. The first-order chi connectivity index (χ1) is 26.8. The quantitative estimate of drug-likeness (QED) is 0.101. The van der Waals surface area contributed by atoms with Gasteiger partial charge in [0.1, 0.15) is 40.9 Å². The Hall–Kier alpha value is -5.06. The summed E-state index contributed by atoms with van der Waals surface area (Å²) in [6, 6.07) is 8.49. The van der Waals surface area contributed by atoms with Crippen molar-refractivity contribution in [2.24, 2.45) is 7.05 Å². The predicted octanol–water partition coefficient (Wildman–Crippen LogP) is 8.16. The van der Waals surface area contributed by atoms with E-state index in [-0.39, 0.29) is 55.4 Å². The third-order valence-corrected chi connectivity index (χ3v) is 10.1. The van der Waals surface area contributed by atoms with E-state index < -0.39 is 100.0 Å². The van der Waals surface area contributed by atoms with Gasteiger partial charge in [-0.05, 0) is 62.1 Å². The number of rotatable bonds is 11. The summed E-state index contributed by atoms with van der Waals surface area (Å²) < 4.78 is 146. The van der Waals surface area contributed by atoms with E-state index in [9.17, 15) is 44.7 Å². The number of pyridine rings is 1. The van der Waals surface area contributed by atoms with Crippen molar-refractivity contribution in [3.8, 4) is 23.0 Å². The van der Waals surface area contributed by atoms with Crippen molar-refractivity contribution in [2.75, 3.05) is 11.0 Å². The highest BCUT2D eigenvalue weighted by molar-refractivity contribution is 7.92. The molecule has 10 nitrogen and oxygen atoms in total. The van der Waals surface area contributed by atoms with Gasteiger partial charge in [0, 0.05) is 49.4 Å². The first-order valence-corrected chi connectivity index (χ1v) is 19.6. The molecule has 0 spiro atoms. The Bertz CT molecular complexity index is 2610. The van der Waals surface area contributed by atoms with Crippen molar-refractivity contribution >= 4 is 44.1 Å². The summed E-state index contributed by atoms with van der Waals surface area (Å²) >= 11 is 6.55.